The fourth-order valence-electron chi connectivity index (χ4n) is 1.70. The lowest BCUT2D eigenvalue weighted by atomic mass is 10.0. The second-order valence-electron chi connectivity index (χ2n) is 3.92. The molecule has 0 heterocycles. The maximum atomic E-state index is 12.4. The number of carbonyl (C=O) groups excluding carboxylic acids is 1. The van der Waals surface area contributed by atoms with Gasteiger partial charge in [0.1, 0.15) is 5.75 Å². The fraction of sp³-hybridized carbons (Fsp3) is 0.0714. The molecule has 2 aromatic carbocycles. The Morgan fingerprint density at radius 3 is 2.47 bits per heavy atom. The molecule has 0 atom stereocenters. The monoisotopic (exact) mass is 295 g/mol. The zero-order valence-electron chi connectivity index (χ0n) is 10.1. The first kappa shape index (κ1) is 13.7. The van der Waals surface area contributed by atoms with Crippen molar-refractivity contribution in [1.29, 1.82) is 0 Å². The average molecular weight is 296 g/mol. The Hall–Kier alpha value is -1.71. The summed E-state index contributed by atoms with van der Waals surface area (Å²) in [6, 6.07) is 9.61. The van der Waals surface area contributed by atoms with E-state index in [0.717, 1.165) is 0 Å². The molecule has 0 aliphatic heterocycles. The summed E-state index contributed by atoms with van der Waals surface area (Å²) in [5.41, 5.74) is 7.01. The lowest BCUT2D eigenvalue weighted by molar-refractivity contribution is 0.103. The topological polar surface area (TPSA) is 52.3 Å². The Kier molecular flexibility index (Phi) is 3.98. The van der Waals surface area contributed by atoms with Crippen LogP contribution in [0.5, 0.6) is 5.75 Å². The van der Waals surface area contributed by atoms with Gasteiger partial charge in [-0.1, -0.05) is 23.2 Å². The van der Waals surface area contributed by atoms with E-state index in [2.05, 4.69) is 0 Å². The normalized spacial score (nSPS) is 10.3. The molecule has 5 heteroatoms. The Morgan fingerprint density at radius 2 is 1.84 bits per heavy atom. The summed E-state index contributed by atoms with van der Waals surface area (Å²) in [6.07, 6.45) is 0. The van der Waals surface area contributed by atoms with Crippen molar-refractivity contribution < 1.29 is 9.53 Å². The van der Waals surface area contributed by atoms with Gasteiger partial charge in [-0.3, -0.25) is 4.79 Å². The van der Waals surface area contributed by atoms with Crippen LogP contribution in [0, 0.1) is 0 Å². The zero-order chi connectivity index (χ0) is 14.0. The second-order valence-corrected chi connectivity index (χ2v) is 4.73. The highest BCUT2D eigenvalue weighted by Gasteiger charge is 2.15. The van der Waals surface area contributed by atoms with Crippen LogP contribution in [-0.2, 0) is 0 Å². The van der Waals surface area contributed by atoms with Gasteiger partial charge in [-0.05, 0) is 36.4 Å². The molecule has 0 aliphatic rings. The molecular formula is C14H11Cl2NO2. The first-order valence-corrected chi connectivity index (χ1v) is 6.22. The maximum Gasteiger partial charge on any atom is 0.196 e. The summed E-state index contributed by atoms with van der Waals surface area (Å²) in [7, 11) is 1.50. The van der Waals surface area contributed by atoms with E-state index in [-0.39, 0.29) is 5.78 Å². The standard InChI is InChI=1S/C14H11Cl2NO2/c1-19-13-5-3-9(17)7-10(13)14(18)8-2-4-11(15)12(16)6-8/h2-7H,17H2,1H3. The van der Waals surface area contributed by atoms with Gasteiger partial charge in [0.2, 0.25) is 0 Å². The fourth-order valence-corrected chi connectivity index (χ4v) is 1.99. The molecule has 0 radical (unpaired) electrons. The minimum absolute atomic E-state index is 0.220. The Labute approximate surface area is 120 Å². The molecule has 0 saturated heterocycles. The van der Waals surface area contributed by atoms with Crippen LogP contribution in [0.2, 0.25) is 10.0 Å². The number of nitrogen functional groups attached to an aromatic ring is 1. The smallest absolute Gasteiger partial charge is 0.196 e. The highest BCUT2D eigenvalue weighted by atomic mass is 35.5. The SMILES string of the molecule is COc1ccc(N)cc1C(=O)c1ccc(Cl)c(Cl)c1. The van der Waals surface area contributed by atoms with Crippen molar-refractivity contribution in [3.63, 3.8) is 0 Å². The number of hydrogen-bond donors (Lipinski definition) is 1. The van der Waals surface area contributed by atoms with E-state index < -0.39 is 0 Å². The molecule has 19 heavy (non-hydrogen) atoms. The van der Waals surface area contributed by atoms with Gasteiger partial charge in [0.05, 0.1) is 22.7 Å². The predicted octanol–water partition coefficient (Wildman–Crippen LogP) is 3.82. The van der Waals surface area contributed by atoms with Gasteiger partial charge in [0, 0.05) is 11.3 Å². The van der Waals surface area contributed by atoms with Gasteiger partial charge in [-0.25, -0.2) is 0 Å². The number of nitrogens with two attached hydrogens (primary N) is 1. The predicted molar refractivity (Wildman–Crippen MR) is 77.3 cm³/mol. The molecule has 0 bridgehead atoms. The Balaban J connectivity index is 2.49. The molecular weight excluding hydrogens is 285 g/mol. The summed E-state index contributed by atoms with van der Waals surface area (Å²) in [5.74, 6) is 0.244. The zero-order valence-corrected chi connectivity index (χ0v) is 11.6. The maximum absolute atomic E-state index is 12.4. The quantitative estimate of drug-likeness (QED) is 0.692. The molecule has 0 saturated carbocycles. The van der Waals surface area contributed by atoms with Gasteiger partial charge < -0.3 is 10.5 Å². The third-order valence-corrected chi connectivity index (χ3v) is 3.39. The van der Waals surface area contributed by atoms with Gasteiger partial charge in [-0.15, -0.1) is 0 Å². The van der Waals surface area contributed by atoms with E-state index >= 15 is 0 Å². The molecule has 2 N–H and O–H groups in total. The number of halogens is 2. The number of anilines is 1. The van der Waals surface area contributed by atoms with Crippen molar-refractivity contribution in [3.8, 4) is 5.75 Å². The van der Waals surface area contributed by atoms with Crippen molar-refractivity contribution >= 4 is 34.7 Å². The van der Waals surface area contributed by atoms with E-state index in [9.17, 15) is 4.79 Å². The number of carbonyl (C=O) groups is 1. The van der Waals surface area contributed by atoms with E-state index in [0.29, 0.717) is 32.6 Å². The van der Waals surface area contributed by atoms with Crippen LogP contribution in [0.3, 0.4) is 0 Å². The minimum Gasteiger partial charge on any atom is -0.496 e. The van der Waals surface area contributed by atoms with Crippen molar-refractivity contribution in [3.05, 3.63) is 57.6 Å². The molecule has 0 fully saturated rings. The number of rotatable bonds is 3. The van der Waals surface area contributed by atoms with Gasteiger partial charge in [0.25, 0.3) is 0 Å². The van der Waals surface area contributed by atoms with Gasteiger partial charge in [-0.2, -0.15) is 0 Å². The molecule has 2 aromatic rings. The first-order chi connectivity index (χ1) is 9.02. The lowest BCUT2D eigenvalue weighted by Gasteiger charge is -2.09. The van der Waals surface area contributed by atoms with Crippen LogP contribution in [0.25, 0.3) is 0 Å². The molecule has 98 valence electrons. The van der Waals surface area contributed by atoms with Crippen molar-refractivity contribution in [2.45, 2.75) is 0 Å². The third-order valence-electron chi connectivity index (χ3n) is 2.65. The highest BCUT2D eigenvalue weighted by molar-refractivity contribution is 6.42. The Morgan fingerprint density at radius 1 is 1.11 bits per heavy atom. The second kappa shape index (κ2) is 5.51. The minimum atomic E-state index is -0.220. The summed E-state index contributed by atoms with van der Waals surface area (Å²) in [5, 5.41) is 0.730. The number of methoxy groups -OCH3 is 1. The van der Waals surface area contributed by atoms with Gasteiger partial charge >= 0.3 is 0 Å². The molecule has 0 unspecified atom stereocenters. The van der Waals surface area contributed by atoms with Gasteiger partial charge in [0.15, 0.2) is 5.78 Å². The molecule has 3 nitrogen and oxygen atoms in total. The Bertz CT molecular complexity index is 641. The van der Waals surface area contributed by atoms with E-state index in [1.54, 1.807) is 30.3 Å². The summed E-state index contributed by atoms with van der Waals surface area (Å²) in [4.78, 5) is 12.4. The first-order valence-electron chi connectivity index (χ1n) is 5.46. The number of hydrogen-bond acceptors (Lipinski definition) is 3. The van der Waals surface area contributed by atoms with Crippen molar-refractivity contribution in [2.75, 3.05) is 12.8 Å². The highest BCUT2D eigenvalue weighted by Crippen LogP contribution is 2.27. The van der Waals surface area contributed by atoms with Crippen LogP contribution in [0.15, 0.2) is 36.4 Å². The summed E-state index contributed by atoms with van der Waals surface area (Å²) < 4.78 is 5.16. The molecule has 2 rings (SSSR count). The van der Waals surface area contributed by atoms with E-state index in [1.807, 2.05) is 0 Å². The average Bonchev–Trinajstić information content (AvgIpc) is 2.41. The summed E-state index contributed by atoms with van der Waals surface area (Å²) >= 11 is 11.7. The number of ether oxygens (including phenoxy) is 1. The van der Waals surface area contributed by atoms with Crippen molar-refractivity contribution in [1.82, 2.24) is 0 Å². The molecule has 0 amide bonds. The molecule has 0 aromatic heterocycles. The third kappa shape index (κ3) is 2.83. The van der Waals surface area contributed by atoms with Crippen LogP contribution in [0.1, 0.15) is 15.9 Å². The largest absolute Gasteiger partial charge is 0.496 e. The molecule has 0 aliphatic carbocycles. The number of benzene rings is 2. The lowest BCUT2D eigenvalue weighted by Crippen LogP contribution is -2.05. The van der Waals surface area contributed by atoms with Crippen LogP contribution < -0.4 is 10.5 Å². The summed E-state index contributed by atoms with van der Waals surface area (Å²) in [6.45, 7) is 0. The van der Waals surface area contributed by atoms with E-state index in [1.165, 1.54) is 13.2 Å². The number of ketones is 1. The van der Waals surface area contributed by atoms with Crippen LogP contribution >= 0.6 is 23.2 Å². The molecule has 0 spiro atoms. The van der Waals surface area contributed by atoms with E-state index in [4.69, 9.17) is 33.7 Å². The van der Waals surface area contributed by atoms with Crippen molar-refractivity contribution in [2.24, 2.45) is 0 Å². The van der Waals surface area contributed by atoms with Crippen LogP contribution in [-0.4, -0.2) is 12.9 Å². The van der Waals surface area contributed by atoms with Crippen LogP contribution in [0.4, 0.5) is 5.69 Å².